The first-order valence-corrected chi connectivity index (χ1v) is 21.5. The minimum absolute atomic E-state index is 0.488. The van der Waals surface area contributed by atoms with Crippen LogP contribution in [0.3, 0.4) is 0 Å². The Bertz CT molecular complexity index is 3620. The molecule has 1 aliphatic rings. The van der Waals surface area contributed by atoms with Crippen LogP contribution < -0.4 is 0 Å². The zero-order valence-corrected chi connectivity index (χ0v) is 34.1. The second kappa shape index (κ2) is 13.8. The van der Waals surface area contributed by atoms with Crippen molar-refractivity contribution in [3.8, 4) is 50.7 Å². The summed E-state index contributed by atoms with van der Waals surface area (Å²) in [4.78, 5) is 10.5. The summed E-state index contributed by atoms with van der Waals surface area (Å²) in [5.74, 6) is 0.635. The predicted molar refractivity (Wildman–Crippen MR) is 257 cm³/mol. The smallest absolute Gasteiger partial charge is 0.235 e. The van der Waals surface area contributed by atoms with Crippen LogP contribution >= 0.6 is 0 Å². The summed E-state index contributed by atoms with van der Waals surface area (Å²) in [6.07, 6.45) is 0. The monoisotopic (exact) mass is 803 g/mol. The van der Waals surface area contributed by atoms with Crippen molar-refractivity contribution in [3.63, 3.8) is 0 Å². The molecule has 0 N–H and O–H groups in total. The Balaban J connectivity index is 0.967. The molecular weight excluding hydrogens is 767 g/mol. The van der Waals surface area contributed by atoms with E-state index in [2.05, 4.69) is 217 Å². The highest BCUT2D eigenvalue weighted by atomic mass is 16.3. The van der Waals surface area contributed by atoms with Gasteiger partial charge in [0.2, 0.25) is 5.95 Å². The second-order valence-corrected chi connectivity index (χ2v) is 16.5. The number of hydrogen-bond acceptors (Lipinski definition) is 3. The lowest BCUT2D eigenvalue weighted by atomic mass is 9.67. The van der Waals surface area contributed by atoms with E-state index in [1.807, 2.05) is 12.1 Å². The van der Waals surface area contributed by atoms with Crippen LogP contribution in [0.5, 0.6) is 0 Å². The highest BCUT2D eigenvalue weighted by molar-refractivity contribution is 6.12. The molecule has 12 aromatic rings. The van der Waals surface area contributed by atoms with Crippen LogP contribution in [0.1, 0.15) is 22.3 Å². The summed E-state index contributed by atoms with van der Waals surface area (Å²) in [6.45, 7) is 0. The number of furan rings is 1. The zero-order chi connectivity index (χ0) is 41.5. The van der Waals surface area contributed by atoms with Gasteiger partial charge < -0.3 is 4.42 Å². The van der Waals surface area contributed by atoms with Crippen LogP contribution in [0, 0.1) is 0 Å². The van der Waals surface area contributed by atoms with Crippen molar-refractivity contribution in [2.24, 2.45) is 0 Å². The fourth-order valence-electron chi connectivity index (χ4n) is 10.3. The molecule has 4 heteroatoms. The molecule has 0 unspecified atom stereocenters. The van der Waals surface area contributed by atoms with Crippen molar-refractivity contribution in [2.45, 2.75) is 5.41 Å². The molecule has 0 spiro atoms. The second-order valence-electron chi connectivity index (χ2n) is 16.5. The number of aromatic nitrogens is 3. The third kappa shape index (κ3) is 5.35. The van der Waals surface area contributed by atoms with Crippen molar-refractivity contribution < 1.29 is 4.42 Å². The number of rotatable bonds is 6. The van der Waals surface area contributed by atoms with Crippen molar-refractivity contribution in [2.75, 3.05) is 0 Å². The van der Waals surface area contributed by atoms with Gasteiger partial charge in [-0.3, -0.25) is 4.57 Å². The summed E-state index contributed by atoms with van der Waals surface area (Å²) >= 11 is 0. The normalized spacial score (nSPS) is 12.9. The minimum atomic E-state index is -0.488. The number of para-hydroxylation sites is 1. The molecule has 0 aliphatic heterocycles. The molecule has 0 radical (unpaired) electrons. The molecule has 4 nitrogen and oxygen atoms in total. The number of nitrogens with zero attached hydrogens (tertiary/aromatic N) is 3. The Morgan fingerprint density at radius 1 is 0.349 bits per heavy atom. The van der Waals surface area contributed by atoms with Crippen molar-refractivity contribution >= 4 is 43.7 Å². The Morgan fingerprint density at radius 3 is 1.60 bits per heavy atom. The van der Waals surface area contributed by atoms with Crippen molar-refractivity contribution in [1.82, 2.24) is 14.5 Å². The third-order valence-electron chi connectivity index (χ3n) is 13.1. The van der Waals surface area contributed by atoms with Gasteiger partial charge in [0.1, 0.15) is 11.2 Å². The lowest BCUT2D eigenvalue weighted by Gasteiger charge is -2.33. The van der Waals surface area contributed by atoms with E-state index in [9.17, 15) is 0 Å². The molecule has 0 fully saturated rings. The first-order chi connectivity index (χ1) is 31.2. The fraction of sp³-hybridized carbons (Fsp3) is 0.0169. The van der Waals surface area contributed by atoms with Gasteiger partial charge in [-0.1, -0.05) is 176 Å². The Labute approximate surface area is 364 Å². The van der Waals surface area contributed by atoms with Crippen LogP contribution in [0.25, 0.3) is 94.5 Å². The largest absolute Gasteiger partial charge is 0.456 e. The number of fused-ring (bicyclic) bond motifs is 9. The summed E-state index contributed by atoms with van der Waals surface area (Å²) in [5, 5.41) is 4.50. The average molecular weight is 804 g/mol. The van der Waals surface area contributed by atoms with E-state index in [1.54, 1.807) is 0 Å². The number of benzene rings is 9. The van der Waals surface area contributed by atoms with Gasteiger partial charge in [0, 0.05) is 32.7 Å². The Hall–Kier alpha value is -8.34. The van der Waals surface area contributed by atoms with Crippen molar-refractivity contribution in [3.05, 3.63) is 247 Å². The van der Waals surface area contributed by atoms with E-state index in [4.69, 9.17) is 14.4 Å². The van der Waals surface area contributed by atoms with Crippen LogP contribution in [0.15, 0.2) is 229 Å². The van der Waals surface area contributed by atoms with E-state index >= 15 is 0 Å². The molecule has 0 saturated heterocycles. The van der Waals surface area contributed by atoms with Gasteiger partial charge >= 0.3 is 0 Å². The first kappa shape index (κ1) is 35.4. The molecule has 1 aliphatic carbocycles. The van der Waals surface area contributed by atoms with Gasteiger partial charge in [0.25, 0.3) is 0 Å². The number of hydrogen-bond donors (Lipinski definition) is 0. The molecule has 0 amide bonds. The van der Waals surface area contributed by atoms with E-state index < -0.39 is 5.41 Å². The molecule has 3 heterocycles. The minimum Gasteiger partial charge on any atom is -0.456 e. The average Bonchev–Trinajstić information content (AvgIpc) is 3.99. The van der Waals surface area contributed by atoms with E-state index in [0.29, 0.717) is 5.95 Å². The van der Waals surface area contributed by atoms with E-state index in [1.165, 1.54) is 33.4 Å². The Kier molecular flexibility index (Phi) is 7.79. The molecule has 63 heavy (non-hydrogen) atoms. The van der Waals surface area contributed by atoms with Gasteiger partial charge in [-0.05, 0) is 93.0 Å². The molecular formula is C59H37N3O. The summed E-state index contributed by atoms with van der Waals surface area (Å²) in [6, 6.07) is 80.1. The first-order valence-electron chi connectivity index (χ1n) is 21.5. The van der Waals surface area contributed by atoms with Crippen LogP contribution in [0.4, 0.5) is 0 Å². The van der Waals surface area contributed by atoms with Crippen LogP contribution in [-0.4, -0.2) is 14.5 Å². The topological polar surface area (TPSA) is 43.9 Å². The van der Waals surface area contributed by atoms with E-state index in [-0.39, 0.29) is 0 Å². The third-order valence-corrected chi connectivity index (χ3v) is 13.1. The molecule has 13 rings (SSSR count). The predicted octanol–water partition coefficient (Wildman–Crippen LogP) is 14.8. The van der Waals surface area contributed by atoms with Crippen molar-refractivity contribution in [1.29, 1.82) is 0 Å². The van der Waals surface area contributed by atoms with Crippen LogP contribution in [-0.2, 0) is 5.41 Å². The maximum Gasteiger partial charge on any atom is 0.235 e. The summed E-state index contributed by atoms with van der Waals surface area (Å²) < 4.78 is 9.10. The fourth-order valence-corrected chi connectivity index (χ4v) is 10.3. The van der Waals surface area contributed by atoms with Crippen LogP contribution in [0.2, 0.25) is 0 Å². The van der Waals surface area contributed by atoms with Gasteiger partial charge in [0.05, 0.1) is 27.8 Å². The van der Waals surface area contributed by atoms with Gasteiger partial charge in [-0.15, -0.1) is 0 Å². The standard InChI is InChI=1S/C59H37N3O/c1-5-17-38(18-6-1)52-37-53(39-19-7-2-8-20-39)61-58(60-52)62-54-28-16-14-26-45(54)48-33-40(30-32-55(48)62)41-29-31-46-49-35-47-44-25-13-15-27-50(44)59(42-21-9-3-10-22-42,43-23-11-4-12-24-43)51(47)36-57(49)63-56(46)34-41/h1-37H. The van der Waals surface area contributed by atoms with E-state index in [0.717, 1.165) is 77.4 Å². The highest BCUT2D eigenvalue weighted by Crippen LogP contribution is 2.57. The lowest BCUT2D eigenvalue weighted by molar-refractivity contribution is 0.666. The lowest BCUT2D eigenvalue weighted by Crippen LogP contribution is -2.28. The van der Waals surface area contributed by atoms with Gasteiger partial charge in [-0.25, -0.2) is 9.97 Å². The summed E-state index contributed by atoms with van der Waals surface area (Å²) in [5.41, 5.74) is 16.9. The quantitative estimate of drug-likeness (QED) is 0.168. The van der Waals surface area contributed by atoms with Gasteiger partial charge in [-0.2, -0.15) is 0 Å². The molecule has 3 aromatic heterocycles. The van der Waals surface area contributed by atoms with Gasteiger partial charge in [0.15, 0.2) is 0 Å². The maximum atomic E-state index is 6.90. The molecule has 9 aromatic carbocycles. The Morgan fingerprint density at radius 2 is 0.905 bits per heavy atom. The maximum absolute atomic E-state index is 6.90. The molecule has 0 saturated carbocycles. The SMILES string of the molecule is c1ccc(-c2cc(-c3ccccc3)nc(-n3c4ccccc4c4cc(-c5ccc6c(c5)oc5cc7c(cc56)-c5ccccc5C7(c5ccccc5)c5ccccc5)ccc43)n2)cc1. The summed E-state index contributed by atoms with van der Waals surface area (Å²) in [7, 11) is 0. The molecule has 0 bridgehead atoms. The zero-order valence-electron chi connectivity index (χ0n) is 34.1. The molecule has 0 atom stereocenters. The molecule has 294 valence electrons. The highest BCUT2D eigenvalue weighted by Gasteiger charge is 2.46.